The topological polar surface area (TPSA) is 66.4 Å². The van der Waals surface area contributed by atoms with Crippen LogP contribution in [0.5, 0.6) is 0 Å². The van der Waals surface area contributed by atoms with Crippen LogP contribution in [0.15, 0.2) is 18.2 Å². The van der Waals surface area contributed by atoms with E-state index in [1.807, 2.05) is 0 Å². The van der Waals surface area contributed by atoms with Gasteiger partial charge in [0.1, 0.15) is 5.82 Å². The zero-order chi connectivity index (χ0) is 14.0. The lowest BCUT2D eigenvalue weighted by Crippen LogP contribution is -2.30. The van der Waals surface area contributed by atoms with Crippen molar-refractivity contribution in [3.8, 4) is 0 Å². The highest BCUT2D eigenvalue weighted by Crippen LogP contribution is 2.33. The summed E-state index contributed by atoms with van der Waals surface area (Å²) in [6.07, 6.45) is 1.82. The molecule has 5 heteroatoms. The van der Waals surface area contributed by atoms with Gasteiger partial charge in [0.15, 0.2) is 0 Å². The molecule has 1 fully saturated rings. The monoisotopic (exact) mass is 265 g/mol. The van der Waals surface area contributed by atoms with Crippen LogP contribution < -0.4 is 5.32 Å². The van der Waals surface area contributed by atoms with Crippen molar-refractivity contribution in [1.29, 1.82) is 0 Å². The summed E-state index contributed by atoms with van der Waals surface area (Å²) >= 11 is 0. The number of anilines is 1. The molecule has 1 saturated carbocycles. The minimum atomic E-state index is -0.937. The molecule has 1 aromatic rings. The number of carboxylic acids is 1. The summed E-state index contributed by atoms with van der Waals surface area (Å²) in [5.41, 5.74) is 1.08. The van der Waals surface area contributed by atoms with Crippen molar-refractivity contribution in [3.05, 3.63) is 29.6 Å². The maximum atomic E-state index is 13.2. The number of hydrogen-bond donors (Lipinski definition) is 2. The minimum Gasteiger partial charge on any atom is -0.481 e. The van der Waals surface area contributed by atoms with E-state index in [0.717, 1.165) is 6.42 Å². The van der Waals surface area contributed by atoms with Crippen LogP contribution >= 0.6 is 0 Å². The van der Waals surface area contributed by atoms with Crippen LogP contribution in [0.25, 0.3) is 0 Å². The number of aliphatic carboxylic acids is 1. The Kier molecular flexibility index (Phi) is 3.83. The Bertz CT molecular complexity index is 495. The van der Waals surface area contributed by atoms with Gasteiger partial charge in [-0.25, -0.2) is 4.39 Å². The van der Waals surface area contributed by atoms with Crippen molar-refractivity contribution >= 4 is 17.6 Å². The van der Waals surface area contributed by atoms with Crippen molar-refractivity contribution in [2.75, 3.05) is 5.32 Å². The van der Waals surface area contributed by atoms with E-state index in [0.29, 0.717) is 24.1 Å². The third-order valence-electron chi connectivity index (χ3n) is 3.48. The van der Waals surface area contributed by atoms with Crippen LogP contribution in [0.4, 0.5) is 10.1 Å². The summed E-state index contributed by atoms with van der Waals surface area (Å²) in [5, 5.41) is 11.7. The summed E-state index contributed by atoms with van der Waals surface area (Å²) in [4.78, 5) is 23.1. The number of halogens is 1. The van der Waals surface area contributed by atoms with Gasteiger partial charge in [0, 0.05) is 5.69 Å². The number of amides is 1. The van der Waals surface area contributed by atoms with Crippen molar-refractivity contribution in [1.82, 2.24) is 0 Å². The number of nitrogens with one attached hydrogen (secondary N) is 1. The lowest BCUT2D eigenvalue weighted by Gasteiger charge is -2.15. The highest BCUT2D eigenvalue weighted by atomic mass is 19.1. The number of benzene rings is 1. The Balaban J connectivity index is 2.10. The Morgan fingerprint density at radius 1 is 1.26 bits per heavy atom. The van der Waals surface area contributed by atoms with E-state index in [9.17, 15) is 14.0 Å². The van der Waals surface area contributed by atoms with Crippen LogP contribution in [0, 0.1) is 24.6 Å². The van der Waals surface area contributed by atoms with Crippen LogP contribution in [0.1, 0.15) is 24.8 Å². The zero-order valence-corrected chi connectivity index (χ0v) is 10.6. The summed E-state index contributed by atoms with van der Waals surface area (Å²) in [7, 11) is 0. The quantitative estimate of drug-likeness (QED) is 0.882. The third kappa shape index (κ3) is 3.10. The first kappa shape index (κ1) is 13.5. The lowest BCUT2D eigenvalue weighted by atomic mass is 9.95. The van der Waals surface area contributed by atoms with Gasteiger partial charge in [-0.15, -0.1) is 0 Å². The second kappa shape index (κ2) is 5.38. The number of hydrogen-bond acceptors (Lipinski definition) is 2. The summed E-state index contributed by atoms with van der Waals surface area (Å²) in [5.74, 6) is -2.85. The molecule has 1 aromatic carbocycles. The molecule has 0 saturated heterocycles. The van der Waals surface area contributed by atoms with Gasteiger partial charge in [-0.05, 0) is 43.5 Å². The van der Waals surface area contributed by atoms with Gasteiger partial charge < -0.3 is 10.4 Å². The van der Waals surface area contributed by atoms with Crippen LogP contribution in [0.3, 0.4) is 0 Å². The highest BCUT2D eigenvalue weighted by Gasteiger charge is 2.37. The van der Waals surface area contributed by atoms with Crippen LogP contribution in [-0.4, -0.2) is 17.0 Å². The van der Waals surface area contributed by atoms with Crippen LogP contribution in [-0.2, 0) is 9.59 Å². The third-order valence-corrected chi connectivity index (χ3v) is 3.48. The van der Waals surface area contributed by atoms with Gasteiger partial charge in [0.05, 0.1) is 11.8 Å². The Morgan fingerprint density at radius 3 is 2.58 bits per heavy atom. The molecule has 0 heterocycles. The first-order valence-corrected chi connectivity index (χ1v) is 6.28. The second-order valence-electron chi connectivity index (χ2n) is 4.99. The molecule has 0 spiro atoms. The predicted molar refractivity (Wildman–Crippen MR) is 68.2 cm³/mol. The predicted octanol–water partition coefficient (Wildman–Crippen LogP) is 2.57. The van der Waals surface area contributed by atoms with E-state index in [1.54, 1.807) is 13.0 Å². The molecule has 2 N–H and O–H groups in total. The summed E-state index contributed by atoms with van der Waals surface area (Å²) < 4.78 is 13.2. The summed E-state index contributed by atoms with van der Waals surface area (Å²) in [6, 6.07) is 4.26. The average Bonchev–Trinajstić information content (AvgIpc) is 2.75. The molecule has 0 aromatic heterocycles. The first-order valence-electron chi connectivity index (χ1n) is 6.28. The van der Waals surface area contributed by atoms with Gasteiger partial charge in [-0.2, -0.15) is 0 Å². The Morgan fingerprint density at radius 2 is 1.95 bits per heavy atom. The normalized spacial score (nSPS) is 22.2. The molecule has 102 valence electrons. The van der Waals surface area contributed by atoms with Crippen LogP contribution in [0.2, 0.25) is 0 Å². The maximum absolute atomic E-state index is 13.2. The number of aryl methyl sites for hydroxylation is 1. The fourth-order valence-electron chi connectivity index (χ4n) is 2.61. The molecule has 19 heavy (non-hydrogen) atoms. The molecule has 0 aliphatic heterocycles. The van der Waals surface area contributed by atoms with Gasteiger partial charge in [0.25, 0.3) is 0 Å². The maximum Gasteiger partial charge on any atom is 0.307 e. The molecule has 1 amide bonds. The first-order chi connectivity index (χ1) is 8.97. The van der Waals surface area contributed by atoms with Gasteiger partial charge >= 0.3 is 5.97 Å². The number of rotatable bonds is 3. The van der Waals surface area contributed by atoms with Crippen molar-refractivity contribution in [3.63, 3.8) is 0 Å². The molecule has 2 rings (SSSR count). The average molecular weight is 265 g/mol. The highest BCUT2D eigenvalue weighted by molar-refractivity contribution is 5.95. The molecule has 1 aliphatic carbocycles. The van der Waals surface area contributed by atoms with Crippen molar-refractivity contribution < 1.29 is 19.1 Å². The SMILES string of the molecule is Cc1cc(F)cc(NC(=O)C2CCCC2C(=O)O)c1. The fraction of sp³-hybridized carbons (Fsp3) is 0.429. The van der Waals surface area contributed by atoms with E-state index >= 15 is 0 Å². The van der Waals surface area contributed by atoms with Gasteiger partial charge in [-0.3, -0.25) is 9.59 Å². The van der Waals surface area contributed by atoms with E-state index in [4.69, 9.17) is 5.11 Å². The molecular weight excluding hydrogens is 249 g/mol. The molecule has 1 aliphatic rings. The van der Waals surface area contributed by atoms with Crippen molar-refractivity contribution in [2.45, 2.75) is 26.2 Å². The Labute approximate surface area is 110 Å². The summed E-state index contributed by atoms with van der Waals surface area (Å²) in [6.45, 7) is 1.73. The zero-order valence-electron chi connectivity index (χ0n) is 10.6. The number of carboxylic acid groups (broad SMARTS) is 1. The minimum absolute atomic E-state index is 0.338. The molecular formula is C14H16FNO3. The van der Waals surface area contributed by atoms with Gasteiger partial charge in [0.2, 0.25) is 5.91 Å². The second-order valence-corrected chi connectivity index (χ2v) is 4.99. The molecule has 2 unspecified atom stereocenters. The van der Waals surface area contributed by atoms with Gasteiger partial charge in [-0.1, -0.05) is 6.42 Å². The molecule has 4 nitrogen and oxygen atoms in total. The van der Waals surface area contributed by atoms with E-state index in [-0.39, 0.29) is 5.91 Å². The Hall–Kier alpha value is -1.91. The van der Waals surface area contributed by atoms with Crippen molar-refractivity contribution in [2.24, 2.45) is 11.8 Å². The number of carbonyl (C=O) groups is 2. The smallest absolute Gasteiger partial charge is 0.307 e. The standard InChI is InChI=1S/C14H16FNO3/c1-8-5-9(15)7-10(6-8)16-13(17)11-3-2-4-12(11)14(18)19/h5-7,11-12H,2-4H2,1H3,(H,16,17)(H,18,19). The molecule has 2 atom stereocenters. The van der Waals surface area contributed by atoms with E-state index in [2.05, 4.69) is 5.32 Å². The fourth-order valence-corrected chi connectivity index (χ4v) is 2.61. The molecule has 0 radical (unpaired) electrons. The van der Waals surface area contributed by atoms with E-state index in [1.165, 1.54) is 12.1 Å². The number of carbonyl (C=O) groups excluding carboxylic acids is 1. The molecule has 0 bridgehead atoms. The van der Waals surface area contributed by atoms with E-state index < -0.39 is 23.6 Å². The largest absolute Gasteiger partial charge is 0.481 e. The lowest BCUT2D eigenvalue weighted by molar-refractivity contribution is -0.145.